The third-order valence-corrected chi connectivity index (χ3v) is 6.95. The molecule has 0 bridgehead atoms. The molecule has 0 saturated carbocycles. The molecular formula is C25H23ClF2N4O3. The molecule has 2 aliphatic rings. The van der Waals surface area contributed by atoms with E-state index in [1.165, 1.54) is 35.4 Å². The summed E-state index contributed by atoms with van der Waals surface area (Å²) >= 11 is 6.03. The van der Waals surface area contributed by atoms with Gasteiger partial charge in [-0.2, -0.15) is 0 Å². The van der Waals surface area contributed by atoms with Crippen molar-refractivity contribution in [3.8, 4) is 0 Å². The third-order valence-electron chi connectivity index (χ3n) is 6.65. The Morgan fingerprint density at radius 2 is 2.03 bits per heavy atom. The van der Waals surface area contributed by atoms with E-state index in [2.05, 4.69) is 15.3 Å². The van der Waals surface area contributed by atoms with Crippen LogP contribution in [0.1, 0.15) is 59.5 Å². The molecule has 1 saturated heterocycles. The molecule has 3 heterocycles. The summed E-state index contributed by atoms with van der Waals surface area (Å²) in [5.74, 6) is -0.887. The first kappa shape index (κ1) is 23.3. The summed E-state index contributed by atoms with van der Waals surface area (Å²) < 4.78 is 34.1. The highest BCUT2D eigenvalue weighted by molar-refractivity contribution is 6.31. The Bertz CT molecular complexity index is 1300. The Labute approximate surface area is 205 Å². The number of ether oxygens (including phenoxy) is 1. The molecular weight excluding hydrogens is 478 g/mol. The van der Waals surface area contributed by atoms with E-state index in [4.69, 9.17) is 16.3 Å². The number of imidazole rings is 1. The highest BCUT2D eigenvalue weighted by Crippen LogP contribution is 2.45. The van der Waals surface area contributed by atoms with Gasteiger partial charge in [-0.3, -0.25) is 10.1 Å². The second-order valence-corrected chi connectivity index (χ2v) is 9.22. The van der Waals surface area contributed by atoms with Gasteiger partial charge in [0.1, 0.15) is 17.3 Å². The van der Waals surface area contributed by atoms with Gasteiger partial charge in [-0.05, 0) is 49.1 Å². The number of hydrogen-bond acceptors (Lipinski definition) is 4. The predicted molar refractivity (Wildman–Crippen MR) is 125 cm³/mol. The lowest BCUT2D eigenvalue weighted by Gasteiger charge is -2.45. The molecule has 7 nitrogen and oxygen atoms in total. The summed E-state index contributed by atoms with van der Waals surface area (Å²) in [6.45, 7) is 2.37. The van der Waals surface area contributed by atoms with Crippen molar-refractivity contribution in [2.24, 2.45) is 0 Å². The van der Waals surface area contributed by atoms with Crippen molar-refractivity contribution in [2.45, 2.75) is 37.7 Å². The van der Waals surface area contributed by atoms with Crippen LogP contribution < -0.4 is 5.32 Å². The molecule has 1 aromatic heterocycles. The molecule has 2 atom stereocenters. The number of carbonyl (C=O) groups excluding carboxylic acids is 2. The summed E-state index contributed by atoms with van der Waals surface area (Å²) in [7, 11) is 0. The summed E-state index contributed by atoms with van der Waals surface area (Å²) in [5, 5.41) is 2.43. The number of anilines is 1. The van der Waals surface area contributed by atoms with Gasteiger partial charge in [0.25, 0.3) is 5.91 Å². The fourth-order valence-corrected chi connectivity index (χ4v) is 5.18. The predicted octanol–water partition coefficient (Wildman–Crippen LogP) is 5.58. The van der Waals surface area contributed by atoms with E-state index < -0.39 is 17.5 Å². The fourth-order valence-electron chi connectivity index (χ4n) is 5.02. The number of rotatable bonds is 4. The zero-order valence-corrected chi connectivity index (χ0v) is 19.7. The summed E-state index contributed by atoms with van der Waals surface area (Å²) in [4.78, 5) is 34.7. The number of hydrogen-bond donors (Lipinski definition) is 2. The number of aromatic amines is 1. The van der Waals surface area contributed by atoms with Crippen LogP contribution in [0.5, 0.6) is 0 Å². The van der Waals surface area contributed by atoms with Gasteiger partial charge in [0, 0.05) is 12.5 Å². The Balaban J connectivity index is 1.42. The third kappa shape index (κ3) is 4.14. The number of halogens is 3. The van der Waals surface area contributed by atoms with Crippen LogP contribution >= 0.6 is 11.6 Å². The average molecular weight is 501 g/mol. The Morgan fingerprint density at radius 1 is 1.26 bits per heavy atom. The minimum absolute atomic E-state index is 0.0208. The van der Waals surface area contributed by atoms with E-state index in [0.717, 1.165) is 5.56 Å². The maximum atomic E-state index is 15.1. The number of benzene rings is 2. The van der Waals surface area contributed by atoms with Gasteiger partial charge in [0.05, 0.1) is 29.0 Å². The van der Waals surface area contributed by atoms with E-state index in [-0.39, 0.29) is 46.2 Å². The Morgan fingerprint density at radius 3 is 2.77 bits per heavy atom. The maximum absolute atomic E-state index is 15.1. The number of fused-ring (bicyclic) bond motifs is 2. The minimum atomic E-state index is -1.34. The lowest BCUT2D eigenvalue weighted by molar-refractivity contribution is -0.0419. The van der Waals surface area contributed by atoms with Gasteiger partial charge < -0.3 is 14.6 Å². The average Bonchev–Trinajstić information content (AvgIpc) is 3.32. The van der Waals surface area contributed by atoms with E-state index in [0.29, 0.717) is 31.6 Å². The van der Waals surface area contributed by atoms with Crippen molar-refractivity contribution in [2.75, 3.05) is 18.4 Å². The van der Waals surface area contributed by atoms with Crippen molar-refractivity contribution in [1.29, 1.82) is 0 Å². The van der Waals surface area contributed by atoms with Crippen LogP contribution in [0.2, 0.25) is 5.02 Å². The van der Waals surface area contributed by atoms with Crippen molar-refractivity contribution < 1.29 is 23.1 Å². The largest absolute Gasteiger partial charge is 0.436 e. The molecule has 2 aromatic carbocycles. The van der Waals surface area contributed by atoms with Crippen molar-refractivity contribution >= 4 is 29.3 Å². The lowest BCUT2D eigenvalue weighted by atomic mass is 9.83. The first-order chi connectivity index (χ1) is 16.8. The normalized spacial score (nSPS) is 20.2. The molecule has 1 spiro atoms. The molecule has 0 aliphatic carbocycles. The molecule has 2 amide bonds. The molecule has 182 valence electrons. The highest BCUT2D eigenvalue weighted by atomic mass is 35.5. The summed E-state index contributed by atoms with van der Waals surface area (Å²) in [6, 6.07) is 9.09. The number of nitrogens with one attached hydrogen (secondary N) is 2. The van der Waals surface area contributed by atoms with Crippen molar-refractivity contribution in [3.63, 3.8) is 0 Å². The van der Waals surface area contributed by atoms with Crippen molar-refractivity contribution in [1.82, 2.24) is 14.9 Å². The van der Waals surface area contributed by atoms with Crippen LogP contribution in [0.25, 0.3) is 0 Å². The number of amides is 2. The van der Waals surface area contributed by atoms with E-state index in [9.17, 15) is 14.0 Å². The van der Waals surface area contributed by atoms with Gasteiger partial charge in [-0.15, -0.1) is 0 Å². The van der Waals surface area contributed by atoms with E-state index in [1.54, 1.807) is 12.1 Å². The van der Waals surface area contributed by atoms with Gasteiger partial charge in [-0.25, -0.2) is 18.6 Å². The zero-order valence-electron chi connectivity index (χ0n) is 18.9. The zero-order chi connectivity index (χ0) is 24.7. The van der Waals surface area contributed by atoms with Crippen LogP contribution in [0.3, 0.4) is 0 Å². The Hall–Kier alpha value is -3.46. The smallest absolute Gasteiger partial charge is 0.412 e. The second kappa shape index (κ2) is 8.96. The first-order valence-corrected chi connectivity index (χ1v) is 11.8. The molecule has 3 aromatic rings. The van der Waals surface area contributed by atoms with Crippen LogP contribution in [0.15, 0.2) is 42.6 Å². The number of likely N-dealkylation sites (tertiary alicyclic amines) is 1. The summed E-state index contributed by atoms with van der Waals surface area (Å²) in [5.41, 5.74) is 0.235. The molecule has 10 heteroatoms. The van der Waals surface area contributed by atoms with Crippen molar-refractivity contribution in [3.05, 3.63) is 81.9 Å². The van der Waals surface area contributed by atoms with Gasteiger partial charge in [0.2, 0.25) is 0 Å². The van der Waals surface area contributed by atoms with Crippen LogP contribution in [0.4, 0.5) is 19.3 Å². The Kier molecular flexibility index (Phi) is 5.96. The number of nitrogens with zero attached hydrogens (tertiary/aromatic N) is 2. The molecule has 2 aliphatic heterocycles. The van der Waals surface area contributed by atoms with E-state index >= 15 is 4.39 Å². The standard InChI is InChI=1S/C25H23ClF2N4O3/c1-2-16(14-4-6-15(27)7-5-14)22-29-12-19(30-22)23(33)32-11-3-10-25(13-32)20-18(31-24(34)35-25)9-8-17(26)21(20)28/h4-9,12,16H,2-3,10-11,13H2,1H3,(H,29,30)(H,31,34)/t16-,25+/m1/s1. The topological polar surface area (TPSA) is 87.3 Å². The second-order valence-electron chi connectivity index (χ2n) is 8.82. The highest BCUT2D eigenvalue weighted by Gasteiger charge is 2.48. The van der Waals surface area contributed by atoms with E-state index in [1.807, 2.05) is 6.92 Å². The lowest BCUT2D eigenvalue weighted by Crippen LogP contribution is -2.53. The molecule has 1 fully saturated rings. The maximum Gasteiger partial charge on any atom is 0.412 e. The van der Waals surface area contributed by atoms with Crippen LogP contribution in [-0.2, 0) is 10.3 Å². The number of carbonyl (C=O) groups is 2. The summed E-state index contributed by atoms with van der Waals surface area (Å²) in [6.07, 6.45) is 2.30. The monoisotopic (exact) mass is 500 g/mol. The van der Waals surface area contributed by atoms with Gasteiger partial charge in [0.15, 0.2) is 11.4 Å². The number of aromatic nitrogens is 2. The molecule has 0 unspecified atom stereocenters. The first-order valence-electron chi connectivity index (χ1n) is 11.4. The minimum Gasteiger partial charge on any atom is -0.436 e. The molecule has 35 heavy (non-hydrogen) atoms. The SMILES string of the molecule is CC[C@H](c1ccc(F)cc1)c1ncc(C(=O)N2CCC[C@@]3(C2)OC(=O)Nc2ccc(Cl)c(F)c23)[nH]1. The molecule has 5 rings (SSSR count). The van der Waals surface area contributed by atoms with Crippen LogP contribution in [0, 0.1) is 11.6 Å². The molecule has 2 N–H and O–H groups in total. The fraction of sp³-hybridized carbons (Fsp3) is 0.320. The quantitative estimate of drug-likeness (QED) is 0.490. The van der Waals surface area contributed by atoms with Gasteiger partial charge in [-0.1, -0.05) is 30.7 Å². The number of piperidine rings is 1. The van der Waals surface area contributed by atoms with Crippen LogP contribution in [-0.4, -0.2) is 40.0 Å². The molecule has 0 radical (unpaired) electrons. The number of H-pyrrole nitrogens is 1. The van der Waals surface area contributed by atoms with Gasteiger partial charge >= 0.3 is 6.09 Å².